The van der Waals surface area contributed by atoms with Crippen molar-refractivity contribution in [3.63, 3.8) is 0 Å². The summed E-state index contributed by atoms with van der Waals surface area (Å²) >= 11 is 0. The van der Waals surface area contributed by atoms with E-state index in [1.54, 1.807) is 13.8 Å². The van der Waals surface area contributed by atoms with Crippen molar-refractivity contribution in [1.29, 1.82) is 0 Å². The summed E-state index contributed by atoms with van der Waals surface area (Å²) in [7, 11) is 0. The summed E-state index contributed by atoms with van der Waals surface area (Å²) in [5.74, 6) is -5.01. The zero-order valence-corrected chi connectivity index (χ0v) is 30.8. The standard InChI is InChI=1S/C37H62O11/c1-11-28(39)44-30(24(7)33(40)41)23(6)31-22(5)25(38)18-37(47-31)15-14-34(8,48-37)27-12-13-35(9,45-27)32-20(3)17-26(43-32)29-19(2)16-21(4)36(10,42)46-29/h19-27,29-32,38,42H,11-18H2,1-10H3,(H,40,41)/t19-,20-,21+,22+,23-,24+,25-,26+,27+,29-,30+,31-,32+,34-,35-,36-,37+/m0/s1. The lowest BCUT2D eigenvalue weighted by atomic mass is 9.78. The number of carboxylic acid groups (broad SMARTS) is 1. The fourth-order valence-corrected chi connectivity index (χ4v) is 9.55. The van der Waals surface area contributed by atoms with Crippen molar-refractivity contribution in [2.24, 2.45) is 35.5 Å². The molecule has 5 saturated heterocycles. The molecule has 0 bridgehead atoms. The Morgan fingerprint density at radius 1 is 0.938 bits per heavy atom. The molecule has 1 spiro atoms. The highest BCUT2D eigenvalue weighted by Crippen LogP contribution is 2.54. The smallest absolute Gasteiger partial charge is 0.309 e. The van der Waals surface area contributed by atoms with Crippen molar-refractivity contribution in [2.45, 2.75) is 186 Å². The van der Waals surface area contributed by atoms with Crippen molar-refractivity contribution in [3.05, 3.63) is 0 Å². The number of aliphatic carboxylic acids is 1. The second-order valence-corrected chi connectivity index (χ2v) is 16.8. The van der Waals surface area contributed by atoms with Gasteiger partial charge in [0.2, 0.25) is 0 Å². The predicted molar refractivity (Wildman–Crippen MR) is 176 cm³/mol. The van der Waals surface area contributed by atoms with E-state index < -0.39 is 64.9 Å². The summed E-state index contributed by atoms with van der Waals surface area (Å²) in [5, 5.41) is 32.0. The minimum atomic E-state index is -1.18. The third kappa shape index (κ3) is 7.08. The number of hydrogen-bond donors (Lipinski definition) is 3. The summed E-state index contributed by atoms with van der Waals surface area (Å²) in [6.45, 7) is 19.3. The Bertz CT molecular complexity index is 1180. The van der Waals surface area contributed by atoms with Crippen molar-refractivity contribution >= 4 is 11.9 Å². The number of aliphatic hydroxyl groups is 2. The first-order valence-corrected chi connectivity index (χ1v) is 18.5. The highest BCUT2D eigenvalue weighted by atomic mass is 16.7. The lowest BCUT2D eigenvalue weighted by molar-refractivity contribution is -0.335. The number of aliphatic hydroxyl groups excluding tert-OH is 1. The van der Waals surface area contributed by atoms with Gasteiger partial charge in [0.25, 0.3) is 0 Å². The molecule has 5 heterocycles. The first kappa shape index (κ1) is 37.9. The summed E-state index contributed by atoms with van der Waals surface area (Å²) in [5.41, 5.74) is -1.21. The summed E-state index contributed by atoms with van der Waals surface area (Å²) in [6.07, 6.45) is 2.01. The molecule has 5 rings (SSSR count). The second-order valence-electron chi connectivity index (χ2n) is 16.8. The van der Waals surface area contributed by atoms with Crippen molar-refractivity contribution in [1.82, 2.24) is 0 Å². The van der Waals surface area contributed by atoms with Crippen LogP contribution in [0.25, 0.3) is 0 Å². The molecule has 11 nitrogen and oxygen atoms in total. The van der Waals surface area contributed by atoms with Gasteiger partial charge in [0.15, 0.2) is 11.6 Å². The number of carboxylic acids is 1. The van der Waals surface area contributed by atoms with Crippen LogP contribution in [0.3, 0.4) is 0 Å². The van der Waals surface area contributed by atoms with Gasteiger partial charge in [-0.3, -0.25) is 9.59 Å². The number of ether oxygens (including phenoxy) is 6. The highest BCUT2D eigenvalue weighted by Gasteiger charge is 2.61. The third-order valence-corrected chi connectivity index (χ3v) is 12.9. The molecule has 0 amide bonds. The maximum atomic E-state index is 12.3. The zero-order valence-electron chi connectivity index (χ0n) is 30.8. The van der Waals surface area contributed by atoms with E-state index in [2.05, 4.69) is 27.7 Å². The molecule has 5 aliphatic rings. The largest absolute Gasteiger partial charge is 0.481 e. The molecule has 0 aliphatic carbocycles. The summed E-state index contributed by atoms with van der Waals surface area (Å²) in [4.78, 5) is 24.3. The Morgan fingerprint density at radius 3 is 2.27 bits per heavy atom. The van der Waals surface area contributed by atoms with Gasteiger partial charge >= 0.3 is 11.9 Å². The fourth-order valence-electron chi connectivity index (χ4n) is 9.55. The zero-order chi connectivity index (χ0) is 35.6. The number of carbonyl (C=O) groups excluding carboxylic acids is 1. The van der Waals surface area contributed by atoms with Crippen LogP contribution in [0.15, 0.2) is 0 Å². The molecule has 0 saturated carbocycles. The Kier molecular flexibility index (Phi) is 10.8. The molecule has 3 N–H and O–H groups in total. The van der Waals surface area contributed by atoms with Crippen molar-refractivity contribution in [2.75, 3.05) is 0 Å². The molecule has 276 valence electrons. The SMILES string of the molecule is CCC(=O)O[C@H]([C@H](C)[C@H]1O[C@@]2(CC[C@@](C)([C@H]3CC[C@@](C)([C@@H]4O[C@@H]([C@H]5O[C@](C)(O)[C@H](C)C[C@@H]5C)C[C@@H]4C)O3)O2)C[C@H](O)[C@H]1C)[C@@H](C)C(=O)O. The van der Waals surface area contributed by atoms with E-state index in [4.69, 9.17) is 28.4 Å². The van der Waals surface area contributed by atoms with Gasteiger partial charge in [-0.1, -0.05) is 41.5 Å². The molecule has 0 unspecified atom stereocenters. The predicted octanol–water partition coefficient (Wildman–Crippen LogP) is 5.22. The average Bonchev–Trinajstić information content (AvgIpc) is 3.71. The molecule has 5 aliphatic heterocycles. The number of hydrogen-bond acceptors (Lipinski definition) is 10. The second kappa shape index (κ2) is 13.7. The number of esters is 1. The monoisotopic (exact) mass is 682 g/mol. The molecular weight excluding hydrogens is 620 g/mol. The molecule has 0 aromatic rings. The molecule has 5 fully saturated rings. The van der Waals surface area contributed by atoms with Gasteiger partial charge in [-0.25, -0.2) is 0 Å². The van der Waals surface area contributed by atoms with Crippen LogP contribution < -0.4 is 0 Å². The molecular formula is C37H62O11. The van der Waals surface area contributed by atoms with Crippen LogP contribution in [0, 0.1) is 35.5 Å². The Balaban J connectivity index is 1.27. The van der Waals surface area contributed by atoms with E-state index in [1.807, 2.05) is 20.8 Å². The molecule has 0 aromatic heterocycles. The van der Waals surface area contributed by atoms with Crippen LogP contribution in [0.2, 0.25) is 0 Å². The average molecular weight is 683 g/mol. The van der Waals surface area contributed by atoms with E-state index in [1.165, 1.54) is 6.92 Å². The first-order valence-electron chi connectivity index (χ1n) is 18.5. The minimum Gasteiger partial charge on any atom is -0.481 e. The topological polar surface area (TPSA) is 150 Å². The molecule has 11 heteroatoms. The van der Waals surface area contributed by atoms with Gasteiger partial charge in [-0.2, -0.15) is 0 Å². The quantitative estimate of drug-likeness (QED) is 0.275. The van der Waals surface area contributed by atoms with Gasteiger partial charge in [0, 0.05) is 37.0 Å². The van der Waals surface area contributed by atoms with Crippen LogP contribution in [-0.4, -0.2) is 92.8 Å². The number of carbonyl (C=O) groups is 2. The minimum absolute atomic E-state index is 0.0505. The molecule has 48 heavy (non-hydrogen) atoms. The summed E-state index contributed by atoms with van der Waals surface area (Å²) in [6, 6.07) is 0. The van der Waals surface area contributed by atoms with Crippen LogP contribution in [0.1, 0.15) is 121 Å². The number of rotatable bonds is 9. The van der Waals surface area contributed by atoms with Gasteiger partial charge in [0.05, 0.1) is 53.7 Å². The lowest BCUT2D eigenvalue weighted by Crippen LogP contribution is -2.57. The van der Waals surface area contributed by atoms with E-state index in [9.17, 15) is 24.9 Å². The Hall–Kier alpha value is -1.34. The van der Waals surface area contributed by atoms with Crippen LogP contribution in [0.4, 0.5) is 0 Å². The van der Waals surface area contributed by atoms with Gasteiger partial charge in [0.1, 0.15) is 6.10 Å². The van der Waals surface area contributed by atoms with Crippen LogP contribution >= 0.6 is 0 Å². The Labute approximate surface area is 286 Å². The maximum Gasteiger partial charge on any atom is 0.309 e. The lowest BCUT2D eigenvalue weighted by Gasteiger charge is -2.48. The first-order chi connectivity index (χ1) is 22.2. The molecule has 0 radical (unpaired) electrons. The van der Waals surface area contributed by atoms with E-state index in [0.717, 1.165) is 25.7 Å². The van der Waals surface area contributed by atoms with E-state index >= 15 is 0 Å². The summed E-state index contributed by atoms with van der Waals surface area (Å²) < 4.78 is 39.3. The third-order valence-electron chi connectivity index (χ3n) is 12.9. The van der Waals surface area contributed by atoms with Gasteiger partial charge < -0.3 is 43.7 Å². The fraction of sp³-hybridized carbons (Fsp3) is 0.946. The van der Waals surface area contributed by atoms with E-state index in [-0.39, 0.29) is 60.9 Å². The van der Waals surface area contributed by atoms with Crippen LogP contribution in [-0.2, 0) is 38.0 Å². The molecule has 17 atom stereocenters. The highest BCUT2D eigenvalue weighted by molar-refractivity contribution is 5.72. The van der Waals surface area contributed by atoms with Crippen molar-refractivity contribution in [3.8, 4) is 0 Å². The molecule has 0 aromatic carbocycles. The van der Waals surface area contributed by atoms with E-state index in [0.29, 0.717) is 12.8 Å². The van der Waals surface area contributed by atoms with Crippen LogP contribution in [0.5, 0.6) is 0 Å². The Morgan fingerprint density at radius 2 is 1.62 bits per heavy atom. The maximum absolute atomic E-state index is 12.3. The van der Waals surface area contributed by atoms with Gasteiger partial charge in [-0.05, 0) is 71.6 Å². The normalized spacial score (nSPS) is 49.9. The van der Waals surface area contributed by atoms with Gasteiger partial charge in [-0.15, -0.1) is 0 Å². The van der Waals surface area contributed by atoms with Crippen molar-refractivity contribution < 1.29 is 53.3 Å².